The summed E-state index contributed by atoms with van der Waals surface area (Å²) in [5, 5.41) is 2.56. The third-order valence-corrected chi connectivity index (χ3v) is 8.11. The number of nitrogens with zero attached hydrogens (tertiary/aromatic N) is 2. The number of sulfonamides is 1. The van der Waals surface area contributed by atoms with Crippen molar-refractivity contribution in [1.29, 1.82) is 0 Å². The van der Waals surface area contributed by atoms with Crippen molar-refractivity contribution in [2.45, 2.75) is 24.4 Å². The van der Waals surface area contributed by atoms with E-state index in [1.54, 1.807) is 61.5 Å². The maximum absolute atomic E-state index is 13.9. The molecule has 1 atom stereocenters. The summed E-state index contributed by atoms with van der Waals surface area (Å²) in [5.41, 5.74) is 0.945. The lowest BCUT2D eigenvalue weighted by molar-refractivity contribution is -0.139. The molecule has 10 nitrogen and oxygen atoms in total. The Balaban J connectivity index is 1.73. The Morgan fingerprint density at radius 3 is 2.38 bits per heavy atom. The number of ether oxygens (including phenoxy) is 3. The molecule has 3 aromatic carbocycles. The Labute approximate surface area is 228 Å². The van der Waals surface area contributed by atoms with E-state index in [0.29, 0.717) is 30.5 Å². The molecule has 0 saturated heterocycles. The van der Waals surface area contributed by atoms with Crippen LogP contribution < -0.4 is 23.8 Å². The van der Waals surface area contributed by atoms with Crippen LogP contribution in [-0.4, -0.2) is 65.1 Å². The normalized spacial score (nSPS) is 13.2. The molecule has 1 heterocycles. The zero-order valence-electron chi connectivity index (χ0n) is 22.0. The highest BCUT2D eigenvalue weighted by atomic mass is 32.2. The van der Waals surface area contributed by atoms with E-state index in [1.807, 2.05) is 0 Å². The van der Waals surface area contributed by atoms with Crippen molar-refractivity contribution in [2.24, 2.45) is 0 Å². The van der Waals surface area contributed by atoms with E-state index >= 15 is 0 Å². The van der Waals surface area contributed by atoms with Gasteiger partial charge in [-0.3, -0.25) is 13.9 Å². The van der Waals surface area contributed by atoms with E-state index in [4.69, 9.17) is 14.2 Å². The van der Waals surface area contributed by atoms with Gasteiger partial charge in [-0.05, 0) is 48.9 Å². The fourth-order valence-corrected chi connectivity index (χ4v) is 5.62. The maximum atomic E-state index is 13.9. The molecule has 1 unspecified atom stereocenters. The summed E-state index contributed by atoms with van der Waals surface area (Å²) in [4.78, 5) is 27.8. The summed E-state index contributed by atoms with van der Waals surface area (Å²) in [5.74, 6) is 0.510. The number of rotatable bonds is 10. The summed E-state index contributed by atoms with van der Waals surface area (Å²) < 4.78 is 45.3. The summed E-state index contributed by atoms with van der Waals surface area (Å²) >= 11 is 0. The second-order valence-corrected chi connectivity index (χ2v) is 10.7. The second kappa shape index (κ2) is 12.1. The number of nitrogens with one attached hydrogen (secondary N) is 1. The Bertz CT molecular complexity index is 1430. The van der Waals surface area contributed by atoms with Gasteiger partial charge in [0.25, 0.3) is 10.0 Å². The van der Waals surface area contributed by atoms with Crippen LogP contribution in [0.25, 0.3) is 0 Å². The number of carbonyl (C=O) groups excluding carboxylic acids is 2. The molecule has 1 N–H and O–H groups in total. The van der Waals surface area contributed by atoms with Crippen LogP contribution in [0.1, 0.15) is 12.5 Å². The van der Waals surface area contributed by atoms with Gasteiger partial charge < -0.3 is 24.4 Å². The molecule has 2 amide bonds. The second-order valence-electron chi connectivity index (χ2n) is 8.82. The molecule has 11 heteroatoms. The van der Waals surface area contributed by atoms with Gasteiger partial charge in [0.15, 0.2) is 11.5 Å². The highest BCUT2D eigenvalue weighted by Crippen LogP contribution is 2.36. The predicted octanol–water partition coefficient (Wildman–Crippen LogP) is 2.82. The zero-order chi connectivity index (χ0) is 28.0. The molecule has 39 heavy (non-hydrogen) atoms. The number of benzene rings is 3. The van der Waals surface area contributed by atoms with E-state index in [-0.39, 0.29) is 23.0 Å². The van der Waals surface area contributed by atoms with Crippen molar-refractivity contribution in [2.75, 3.05) is 38.2 Å². The average Bonchev–Trinajstić information content (AvgIpc) is 2.98. The van der Waals surface area contributed by atoms with Crippen LogP contribution in [0.2, 0.25) is 0 Å². The molecule has 0 aromatic heterocycles. The number of fused-ring (bicyclic) bond motifs is 1. The Morgan fingerprint density at radius 1 is 0.974 bits per heavy atom. The molecule has 1 aliphatic heterocycles. The summed E-state index contributed by atoms with van der Waals surface area (Å²) in [7, 11) is -1.16. The van der Waals surface area contributed by atoms with Crippen molar-refractivity contribution in [3.63, 3.8) is 0 Å². The van der Waals surface area contributed by atoms with Crippen LogP contribution in [0.3, 0.4) is 0 Å². The number of likely N-dealkylation sites (N-methyl/N-ethyl adjacent to an activating group) is 1. The first-order valence-corrected chi connectivity index (χ1v) is 13.8. The molecule has 1 aliphatic rings. The molecule has 3 aromatic rings. The maximum Gasteiger partial charge on any atom is 0.264 e. The third kappa shape index (κ3) is 6.26. The smallest absolute Gasteiger partial charge is 0.264 e. The fourth-order valence-electron chi connectivity index (χ4n) is 4.19. The lowest BCUT2D eigenvalue weighted by Gasteiger charge is -2.32. The van der Waals surface area contributed by atoms with E-state index in [2.05, 4.69) is 5.32 Å². The number of hydrogen-bond acceptors (Lipinski definition) is 7. The van der Waals surface area contributed by atoms with Crippen LogP contribution in [0.15, 0.2) is 77.7 Å². The summed E-state index contributed by atoms with van der Waals surface area (Å²) in [6.07, 6.45) is 0. The quantitative estimate of drug-likeness (QED) is 0.411. The standard InChI is InChI=1S/C28H31N3O7S/c1-20(28(33)29-2)30(18-21-8-7-9-23(16-21)36-3)27(32)19-31(39(34,35)24-10-5-4-6-11-24)22-12-13-25-26(17-22)38-15-14-37-25/h4-13,16-17,20H,14-15,18-19H2,1-3H3,(H,29,33). The molecular formula is C28H31N3O7S. The van der Waals surface area contributed by atoms with Gasteiger partial charge in [0, 0.05) is 19.7 Å². The van der Waals surface area contributed by atoms with Crippen LogP contribution in [0, 0.1) is 0 Å². The molecule has 0 aliphatic carbocycles. The SMILES string of the molecule is CNC(=O)C(C)N(Cc1cccc(OC)c1)C(=O)CN(c1ccc2c(c1)OCCO2)S(=O)(=O)c1ccccc1. The van der Waals surface area contributed by atoms with E-state index in [0.717, 1.165) is 9.87 Å². The molecule has 0 bridgehead atoms. The van der Waals surface area contributed by atoms with Crippen molar-refractivity contribution in [1.82, 2.24) is 10.2 Å². The number of carbonyl (C=O) groups is 2. The summed E-state index contributed by atoms with van der Waals surface area (Å²) in [6.45, 7) is 1.80. The van der Waals surface area contributed by atoms with Gasteiger partial charge in [0.2, 0.25) is 11.8 Å². The molecule has 0 spiro atoms. The van der Waals surface area contributed by atoms with Crippen LogP contribution in [0.4, 0.5) is 5.69 Å². The highest BCUT2D eigenvalue weighted by molar-refractivity contribution is 7.92. The monoisotopic (exact) mass is 553 g/mol. The van der Waals surface area contributed by atoms with Crippen molar-refractivity contribution >= 4 is 27.5 Å². The largest absolute Gasteiger partial charge is 0.497 e. The first kappa shape index (κ1) is 27.8. The lowest BCUT2D eigenvalue weighted by atomic mass is 10.1. The number of amides is 2. The van der Waals surface area contributed by atoms with Gasteiger partial charge in [-0.25, -0.2) is 8.42 Å². The fraction of sp³-hybridized carbons (Fsp3) is 0.286. The summed E-state index contributed by atoms with van der Waals surface area (Å²) in [6, 6.07) is 18.8. The van der Waals surface area contributed by atoms with Crippen LogP contribution >= 0.6 is 0 Å². The highest BCUT2D eigenvalue weighted by Gasteiger charge is 2.33. The topological polar surface area (TPSA) is 114 Å². The van der Waals surface area contributed by atoms with Gasteiger partial charge in [-0.2, -0.15) is 0 Å². The lowest BCUT2D eigenvalue weighted by Crippen LogP contribution is -2.50. The van der Waals surface area contributed by atoms with E-state index < -0.39 is 28.5 Å². The van der Waals surface area contributed by atoms with Crippen LogP contribution in [0.5, 0.6) is 17.2 Å². The van der Waals surface area contributed by atoms with E-state index in [1.165, 1.54) is 37.3 Å². The number of hydrogen-bond donors (Lipinski definition) is 1. The Hall–Kier alpha value is -4.25. The third-order valence-electron chi connectivity index (χ3n) is 6.32. The molecule has 0 saturated carbocycles. The molecular weight excluding hydrogens is 522 g/mol. The van der Waals surface area contributed by atoms with Gasteiger partial charge in [-0.1, -0.05) is 30.3 Å². The average molecular weight is 554 g/mol. The minimum absolute atomic E-state index is 0.0198. The number of anilines is 1. The van der Waals surface area contributed by atoms with Gasteiger partial charge >= 0.3 is 0 Å². The zero-order valence-corrected chi connectivity index (χ0v) is 22.8. The number of methoxy groups -OCH3 is 1. The first-order chi connectivity index (χ1) is 18.7. The van der Waals surface area contributed by atoms with Crippen molar-refractivity contribution in [3.05, 3.63) is 78.4 Å². The van der Waals surface area contributed by atoms with Gasteiger partial charge in [0.05, 0.1) is 17.7 Å². The minimum atomic E-state index is -4.18. The Morgan fingerprint density at radius 2 is 1.69 bits per heavy atom. The van der Waals surface area contributed by atoms with Crippen LogP contribution in [-0.2, 0) is 26.2 Å². The van der Waals surface area contributed by atoms with Crippen molar-refractivity contribution in [3.8, 4) is 17.2 Å². The van der Waals surface area contributed by atoms with Gasteiger partial charge in [-0.15, -0.1) is 0 Å². The predicted molar refractivity (Wildman–Crippen MR) is 145 cm³/mol. The van der Waals surface area contributed by atoms with E-state index in [9.17, 15) is 18.0 Å². The van der Waals surface area contributed by atoms with Crippen molar-refractivity contribution < 1.29 is 32.2 Å². The molecule has 0 fully saturated rings. The Kier molecular flexibility index (Phi) is 8.60. The minimum Gasteiger partial charge on any atom is -0.497 e. The molecule has 4 rings (SSSR count). The molecule has 206 valence electrons. The first-order valence-electron chi connectivity index (χ1n) is 12.4. The van der Waals surface area contributed by atoms with Gasteiger partial charge in [0.1, 0.15) is 31.5 Å². The molecule has 0 radical (unpaired) electrons.